The van der Waals surface area contributed by atoms with Crippen LogP contribution in [0.5, 0.6) is 5.75 Å². The van der Waals surface area contributed by atoms with Gasteiger partial charge >= 0.3 is 0 Å². The Kier molecular flexibility index (Phi) is 7.67. The number of rotatable bonds is 6. The van der Waals surface area contributed by atoms with Crippen LogP contribution >= 0.6 is 24.0 Å². The Hall–Kier alpha value is -2.91. The smallest absolute Gasteiger partial charge is 0.249 e. The number of nitrogens with one attached hydrogen (secondary N) is 1. The molecule has 3 aromatic rings. The predicted octanol–water partition coefficient (Wildman–Crippen LogP) is 4.43. The molecule has 0 bridgehead atoms. The second-order valence-electron chi connectivity index (χ2n) is 9.27. The van der Waals surface area contributed by atoms with E-state index in [2.05, 4.69) is 10.2 Å². The molecular weight excluding hydrogens is 523 g/mol. The van der Waals surface area contributed by atoms with Crippen molar-refractivity contribution in [3.8, 4) is 16.9 Å². The van der Waals surface area contributed by atoms with Gasteiger partial charge in [-0.3, -0.25) is 4.79 Å². The van der Waals surface area contributed by atoms with E-state index in [4.69, 9.17) is 22.1 Å². The van der Waals surface area contributed by atoms with E-state index in [0.717, 1.165) is 5.56 Å². The molecular formula is C27H27Cl2F2N3O3. The molecule has 0 aliphatic carbocycles. The Bertz CT molecular complexity index is 1340. The lowest BCUT2D eigenvalue weighted by atomic mass is 9.83. The van der Waals surface area contributed by atoms with Crippen molar-refractivity contribution >= 4 is 35.6 Å². The molecule has 2 atom stereocenters. The van der Waals surface area contributed by atoms with Gasteiger partial charge in [0.15, 0.2) is 11.6 Å². The lowest BCUT2D eigenvalue weighted by Gasteiger charge is -2.45. The topological polar surface area (TPSA) is 87.8 Å². The van der Waals surface area contributed by atoms with Crippen LogP contribution in [-0.2, 0) is 12.0 Å². The third kappa shape index (κ3) is 4.52. The van der Waals surface area contributed by atoms with Crippen molar-refractivity contribution in [3.05, 3.63) is 81.9 Å². The number of aliphatic hydroxyl groups excluding tert-OH is 1. The lowest BCUT2D eigenvalue weighted by molar-refractivity contribution is 0.0999. The maximum Gasteiger partial charge on any atom is 0.249 e. The van der Waals surface area contributed by atoms with Crippen molar-refractivity contribution in [2.75, 3.05) is 31.1 Å². The third-order valence-electron chi connectivity index (χ3n) is 6.92. The summed E-state index contributed by atoms with van der Waals surface area (Å²) in [6, 6.07) is 13.8. The minimum atomic E-state index is -0.890. The van der Waals surface area contributed by atoms with E-state index >= 15 is 8.78 Å². The van der Waals surface area contributed by atoms with Gasteiger partial charge in [0.1, 0.15) is 12.4 Å². The van der Waals surface area contributed by atoms with E-state index in [1.54, 1.807) is 0 Å². The van der Waals surface area contributed by atoms with Crippen LogP contribution in [0.2, 0.25) is 5.02 Å². The molecule has 6 nitrogen and oxygen atoms in total. The molecule has 2 aliphatic heterocycles. The fraction of sp³-hybridized carbons (Fsp3) is 0.296. The Morgan fingerprint density at radius 1 is 1.24 bits per heavy atom. The molecule has 3 aromatic carbocycles. The van der Waals surface area contributed by atoms with Gasteiger partial charge < -0.3 is 25.8 Å². The van der Waals surface area contributed by atoms with Crippen molar-refractivity contribution in [2.45, 2.75) is 25.0 Å². The molecule has 10 heteroatoms. The van der Waals surface area contributed by atoms with Crippen molar-refractivity contribution < 1.29 is 23.4 Å². The van der Waals surface area contributed by atoms with Crippen LogP contribution in [0.3, 0.4) is 0 Å². The molecule has 1 fully saturated rings. The van der Waals surface area contributed by atoms with E-state index < -0.39 is 29.2 Å². The Morgan fingerprint density at radius 2 is 1.97 bits per heavy atom. The van der Waals surface area contributed by atoms with Crippen LogP contribution in [0.4, 0.5) is 14.5 Å². The minimum absolute atomic E-state index is 0. The van der Waals surface area contributed by atoms with E-state index in [0.29, 0.717) is 37.3 Å². The van der Waals surface area contributed by atoms with Crippen LogP contribution in [0, 0.1) is 11.6 Å². The second-order valence-corrected chi connectivity index (χ2v) is 9.65. The molecule has 2 aliphatic rings. The number of nitrogens with zero attached hydrogens (tertiary/aromatic N) is 1. The first-order valence-electron chi connectivity index (χ1n) is 11.7. The van der Waals surface area contributed by atoms with Crippen LogP contribution in [0.1, 0.15) is 28.4 Å². The van der Waals surface area contributed by atoms with Gasteiger partial charge in [0.25, 0.3) is 0 Å². The number of anilines is 1. The largest absolute Gasteiger partial charge is 0.488 e. The number of carbonyl (C=O) groups is 1. The van der Waals surface area contributed by atoms with E-state index in [-0.39, 0.29) is 46.5 Å². The molecule has 1 saturated heterocycles. The average molecular weight is 550 g/mol. The summed E-state index contributed by atoms with van der Waals surface area (Å²) in [5, 5.41) is 12.7. The molecule has 37 heavy (non-hydrogen) atoms. The number of primary amides is 1. The zero-order valence-corrected chi connectivity index (χ0v) is 21.6. The fourth-order valence-electron chi connectivity index (χ4n) is 5.36. The first-order valence-corrected chi connectivity index (χ1v) is 12.1. The molecule has 0 spiro atoms. The van der Waals surface area contributed by atoms with Crippen LogP contribution < -0.4 is 20.7 Å². The third-order valence-corrected chi connectivity index (χ3v) is 7.29. The van der Waals surface area contributed by atoms with E-state index in [1.807, 2.05) is 30.3 Å². The molecule has 0 aromatic heterocycles. The van der Waals surface area contributed by atoms with Crippen LogP contribution in [0.15, 0.2) is 48.5 Å². The number of ether oxygens (including phenoxy) is 1. The molecule has 2 heterocycles. The standard InChI is InChI=1S/C27H26ClF2N3O3.ClH/c1-15(34)13-36-21-8-7-17(26(31)35)23(25(21)30)22-18-12-27(16-5-3-2-4-6-16)14-32-9-10-33(27)20(18)11-19(29)24(22)28;/h2-8,11,15,32,34H,9-10,12-14H2,1H3,(H2,31,35);1H/t15-,27+;/m1./s1. The van der Waals surface area contributed by atoms with Crippen LogP contribution in [-0.4, -0.2) is 43.4 Å². The Balaban J connectivity index is 0.00000320. The van der Waals surface area contributed by atoms with Crippen molar-refractivity contribution in [1.29, 1.82) is 0 Å². The van der Waals surface area contributed by atoms with Crippen molar-refractivity contribution in [3.63, 3.8) is 0 Å². The van der Waals surface area contributed by atoms with Gasteiger partial charge in [0.05, 0.1) is 22.2 Å². The summed E-state index contributed by atoms with van der Waals surface area (Å²) in [7, 11) is 0. The van der Waals surface area contributed by atoms with E-state index in [9.17, 15) is 9.90 Å². The zero-order valence-electron chi connectivity index (χ0n) is 20.1. The predicted molar refractivity (Wildman–Crippen MR) is 142 cm³/mol. The van der Waals surface area contributed by atoms with Gasteiger partial charge in [-0.05, 0) is 36.2 Å². The Labute approximate surface area is 224 Å². The SMILES string of the molecule is C[C@@H](O)COc1ccc(C(N)=O)c(-c2c(Cl)c(F)cc3c2C[C@@]2(c4ccccc4)CNCCN32)c1F.Cl. The van der Waals surface area contributed by atoms with Gasteiger partial charge in [0, 0.05) is 42.9 Å². The normalized spacial score (nSPS) is 19.0. The number of piperazine rings is 1. The van der Waals surface area contributed by atoms with E-state index in [1.165, 1.54) is 25.1 Å². The molecule has 196 valence electrons. The number of nitrogens with two attached hydrogens (primary N) is 1. The van der Waals surface area contributed by atoms with Gasteiger partial charge in [-0.1, -0.05) is 41.9 Å². The summed E-state index contributed by atoms with van der Waals surface area (Å²) < 4.78 is 36.8. The Morgan fingerprint density at radius 3 is 2.65 bits per heavy atom. The van der Waals surface area contributed by atoms with Gasteiger partial charge in [0.2, 0.25) is 5.91 Å². The highest BCUT2D eigenvalue weighted by atomic mass is 35.5. The van der Waals surface area contributed by atoms with Crippen molar-refractivity contribution in [1.82, 2.24) is 5.32 Å². The number of benzene rings is 3. The maximum atomic E-state index is 16.0. The minimum Gasteiger partial charge on any atom is -0.488 e. The first-order chi connectivity index (χ1) is 17.2. The molecule has 4 N–H and O–H groups in total. The number of amides is 1. The number of fused-ring (bicyclic) bond motifs is 3. The van der Waals surface area contributed by atoms with Crippen LogP contribution in [0.25, 0.3) is 11.1 Å². The van der Waals surface area contributed by atoms with Gasteiger partial charge in [-0.15, -0.1) is 12.4 Å². The highest BCUT2D eigenvalue weighted by Crippen LogP contribution is 2.52. The number of hydrogen-bond acceptors (Lipinski definition) is 5. The molecule has 1 amide bonds. The summed E-state index contributed by atoms with van der Waals surface area (Å²) >= 11 is 6.52. The summed E-state index contributed by atoms with van der Waals surface area (Å²) in [5.41, 5.74) is 7.07. The second kappa shape index (κ2) is 10.5. The highest BCUT2D eigenvalue weighted by Gasteiger charge is 2.48. The number of halogens is 4. The lowest BCUT2D eigenvalue weighted by Crippen LogP contribution is -2.57. The molecule has 0 radical (unpaired) electrons. The molecule has 0 unspecified atom stereocenters. The summed E-state index contributed by atoms with van der Waals surface area (Å²) in [5.74, 6) is -2.69. The maximum absolute atomic E-state index is 16.0. The quantitative estimate of drug-likeness (QED) is 0.423. The summed E-state index contributed by atoms with van der Waals surface area (Å²) in [6.45, 7) is 3.22. The molecule has 0 saturated carbocycles. The van der Waals surface area contributed by atoms with Gasteiger partial charge in [-0.2, -0.15) is 0 Å². The fourth-order valence-corrected chi connectivity index (χ4v) is 5.63. The highest BCUT2D eigenvalue weighted by molar-refractivity contribution is 6.34. The number of carbonyl (C=O) groups excluding carboxylic acids is 1. The van der Waals surface area contributed by atoms with Crippen molar-refractivity contribution in [2.24, 2.45) is 5.73 Å². The average Bonchev–Trinajstić information content (AvgIpc) is 3.19. The molecule has 5 rings (SSSR count). The summed E-state index contributed by atoms with van der Waals surface area (Å²) in [4.78, 5) is 14.5. The zero-order chi connectivity index (χ0) is 25.6. The number of aliphatic hydroxyl groups is 1. The van der Waals surface area contributed by atoms with Gasteiger partial charge in [-0.25, -0.2) is 8.78 Å². The first kappa shape index (κ1) is 27.1. The summed E-state index contributed by atoms with van der Waals surface area (Å²) in [6.07, 6.45) is -0.440. The monoisotopic (exact) mass is 549 g/mol. The number of hydrogen-bond donors (Lipinski definition) is 3.